The molecule has 0 saturated carbocycles. The molecule has 0 atom stereocenters. The zero-order chi connectivity index (χ0) is 20.8. The van der Waals surface area contributed by atoms with Gasteiger partial charge in [-0.1, -0.05) is 62.4 Å². The fourth-order valence-corrected chi connectivity index (χ4v) is 4.26. The number of furan rings is 1. The molecule has 0 spiro atoms. The minimum Gasteiger partial charge on any atom is -0.455 e. The van der Waals surface area contributed by atoms with Crippen LogP contribution >= 0.6 is 0 Å². The van der Waals surface area contributed by atoms with Crippen molar-refractivity contribution < 1.29 is 8.98 Å². The molecule has 30 heavy (non-hydrogen) atoms. The normalized spacial score (nSPS) is 11.6. The first-order valence-corrected chi connectivity index (χ1v) is 10.5. The predicted octanol–water partition coefficient (Wildman–Crippen LogP) is 7.18. The summed E-state index contributed by atoms with van der Waals surface area (Å²) in [5.41, 5.74) is 9.19. The topological polar surface area (TPSA) is 17.0 Å². The van der Waals surface area contributed by atoms with E-state index in [0.717, 1.165) is 16.6 Å². The third kappa shape index (κ3) is 3.00. The second kappa shape index (κ2) is 7.14. The summed E-state index contributed by atoms with van der Waals surface area (Å²) in [5.74, 6) is 0.480. The number of aromatic nitrogens is 1. The molecule has 0 bridgehead atoms. The molecule has 2 nitrogen and oxygen atoms in total. The van der Waals surface area contributed by atoms with Crippen LogP contribution in [-0.2, 0) is 7.05 Å². The maximum Gasteiger partial charge on any atom is 0.216 e. The lowest BCUT2D eigenvalue weighted by Gasteiger charge is -2.09. The summed E-state index contributed by atoms with van der Waals surface area (Å²) in [7, 11) is 2.11. The second-order valence-electron chi connectivity index (χ2n) is 8.42. The van der Waals surface area contributed by atoms with Crippen molar-refractivity contribution in [2.75, 3.05) is 0 Å². The van der Waals surface area contributed by atoms with E-state index in [1.54, 1.807) is 0 Å². The molecule has 0 amide bonds. The number of hydrogen-bond donors (Lipinski definition) is 0. The van der Waals surface area contributed by atoms with E-state index in [1.165, 1.54) is 38.9 Å². The molecule has 0 aliphatic heterocycles. The van der Waals surface area contributed by atoms with Gasteiger partial charge in [-0.05, 0) is 47.2 Å². The highest BCUT2D eigenvalue weighted by molar-refractivity contribution is 6.10. The molecule has 0 fully saturated rings. The first kappa shape index (κ1) is 18.6. The Bertz CT molecular complexity index is 1380. The Kier molecular flexibility index (Phi) is 4.43. The molecular weight excluding hydrogens is 366 g/mol. The molecule has 148 valence electrons. The Morgan fingerprint density at radius 3 is 2.33 bits per heavy atom. The zero-order valence-corrected chi connectivity index (χ0v) is 17.9. The van der Waals surface area contributed by atoms with Gasteiger partial charge in [0.1, 0.15) is 18.2 Å². The lowest BCUT2D eigenvalue weighted by molar-refractivity contribution is -0.660. The summed E-state index contributed by atoms with van der Waals surface area (Å²) in [5, 5.41) is 2.33. The van der Waals surface area contributed by atoms with Gasteiger partial charge >= 0.3 is 0 Å². The van der Waals surface area contributed by atoms with E-state index >= 15 is 0 Å². The maximum atomic E-state index is 6.52. The average Bonchev–Trinajstić information content (AvgIpc) is 3.12. The van der Waals surface area contributed by atoms with Crippen molar-refractivity contribution in [3.63, 3.8) is 0 Å². The van der Waals surface area contributed by atoms with Crippen molar-refractivity contribution in [1.29, 1.82) is 0 Å². The number of hydrogen-bond acceptors (Lipinski definition) is 1. The van der Waals surface area contributed by atoms with Crippen LogP contribution in [0.1, 0.15) is 30.9 Å². The molecule has 0 unspecified atom stereocenters. The average molecular weight is 393 g/mol. The van der Waals surface area contributed by atoms with Crippen LogP contribution in [0, 0.1) is 6.92 Å². The van der Waals surface area contributed by atoms with Crippen LogP contribution in [0.25, 0.3) is 44.3 Å². The lowest BCUT2D eigenvalue weighted by atomic mass is 9.97. The largest absolute Gasteiger partial charge is 0.455 e. The molecule has 5 rings (SSSR count). The molecule has 0 aliphatic carbocycles. The van der Waals surface area contributed by atoms with Crippen LogP contribution in [0.2, 0.25) is 0 Å². The van der Waals surface area contributed by atoms with Crippen molar-refractivity contribution in [1.82, 2.24) is 0 Å². The van der Waals surface area contributed by atoms with E-state index in [-0.39, 0.29) is 0 Å². The van der Waals surface area contributed by atoms with E-state index in [1.807, 2.05) is 6.07 Å². The Morgan fingerprint density at radius 1 is 0.800 bits per heavy atom. The van der Waals surface area contributed by atoms with Gasteiger partial charge in [-0.25, -0.2) is 4.57 Å². The molecular formula is C28H26NO+. The standard InChI is InChI=1S/C28H26NO/c1-18(2)21-14-15-29(4)25(16-21)27-19(3)10-12-24-23-13-11-22(17-26(23)30-28(24)27)20-8-6-5-7-9-20/h5-18H,1-4H3/q+1. The third-order valence-corrected chi connectivity index (χ3v) is 6.05. The number of fused-ring (bicyclic) bond motifs is 3. The summed E-state index contributed by atoms with van der Waals surface area (Å²) < 4.78 is 8.71. The van der Waals surface area contributed by atoms with Crippen LogP contribution in [0.3, 0.4) is 0 Å². The third-order valence-electron chi connectivity index (χ3n) is 6.05. The van der Waals surface area contributed by atoms with Gasteiger partial charge in [-0.2, -0.15) is 0 Å². The summed E-state index contributed by atoms with van der Waals surface area (Å²) >= 11 is 0. The van der Waals surface area contributed by atoms with E-state index in [4.69, 9.17) is 4.42 Å². The molecule has 3 aromatic carbocycles. The quantitative estimate of drug-likeness (QED) is 0.297. The Balaban J connectivity index is 1.77. The Hall–Kier alpha value is -3.39. The van der Waals surface area contributed by atoms with Gasteiger partial charge in [0, 0.05) is 22.9 Å². The molecule has 5 aromatic rings. The van der Waals surface area contributed by atoms with E-state index in [0.29, 0.717) is 5.92 Å². The van der Waals surface area contributed by atoms with E-state index in [2.05, 4.69) is 105 Å². The van der Waals surface area contributed by atoms with Crippen molar-refractivity contribution in [3.8, 4) is 22.4 Å². The van der Waals surface area contributed by atoms with Crippen molar-refractivity contribution in [2.45, 2.75) is 26.7 Å². The SMILES string of the molecule is Cc1ccc2c(oc3cc(-c4ccccc4)ccc32)c1-c1cc(C(C)C)cc[n+]1C. The summed E-state index contributed by atoms with van der Waals surface area (Å²) in [4.78, 5) is 0. The van der Waals surface area contributed by atoms with Crippen molar-refractivity contribution >= 4 is 21.9 Å². The monoisotopic (exact) mass is 392 g/mol. The van der Waals surface area contributed by atoms with Gasteiger partial charge in [0.2, 0.25) is 5.69 Å². The molecule has 0 radical (unpaired) electrons. The highest BCUT2D eigenvalue weighted by Crippen LogP contribution is 2.38. The van der Waals surface area contributed by atoms with E-state index < -0.39 is 0 Å². The van der Waals surface area contributed by atoms with Gasteiger partial charge in [0.25, 0.3) is 0 Å². The van der Waals surface area contributed by atoms with E-state index in [9.17, 15) is 0 Å². The number of pyridine rings is 1. The molecule has 2 heterocycles. The van der Waals surface area contributed by atoms with Crippen LogP contribution in [0.15, 0.2) is 83.4 Å². The highest BCUT2D eigenvalue weighted by atomic mass is 16.3. The first-order chi connectivity index (χ1) is 14.5. The van der Waals surface area contributed by atoms with Gasteiger partial charge in [0.05, 0.1) is 5.56 Å². The van der Waals surface area contributed by atoms with Crippen molar-refractivity contribution in [3.05, 3.63) is 90.1 Å². The molecule has 0 aliphatic rings. The second-order valence-corrected chi connectivity index (χ2v) is 8.42. The molecule has 2 heteroatoms. The Morgan fingerprint density at radius 2 is 1.57 bits per heavy atom. The zero-order valence-electron chi connectivity index (χ0n) is 17.9. The highest BCUT2D eigenvalue weighted by Gasteiger charge is 2.21. The smallest absolute Gasteiger partial charge is 0.216 e. The van der Waals surface area contributed by atoms with Crippen LogP contribution in [-0.4, -0.2) is 0 Å². The maximum absolute atomic E-state index is 6.52. The van der Waals surface area contributed by atoms with Crippen molar-refractivity contribution in [2.24, 2.45) is 7.05 Å². The fraction of sp³-hybridized carbons (Fsp3) is 0.179. The summed E-state index contributed by atoms with van der Waals surface area (Å²) in [6.45, 7) is 6.64. The van der Waals surface area contributed by atoms with Crippen LogP contribution < -0.4 is 4.57 Å². The Labute approximate surface area is 177 Å². The summed E-state index contributed by atoms with van der Waals surface area (Å²) in [6, 6.07) is 25.9. The molecule has 0 N–H and O–H groups in total. The van der Waals surface area contributed by atoms with Crippen LogP contribution in [0.5, 0.6) is 0 Å². The number of aryl methyl sites for hydroxylation is 2. The first-order valence-electron chi connectivity index (χ1n) is 10.5. The lowest BCUT2D eigenvalue weighted by Crippen LogP contribution is -2.31. The number of benzene rings is 3. The van der Waals surface area contributed by atoms with Gasteiger partial charge in [-0.15, -0.1) is 0 Å². The predicted molar refractivity (Wildman–Crippen MR) is 125 cm³/mol. The van der Waals surface area contributed by atoms with Gasteiger partial charge in [0.15, 0.2) is 6.20 Å². The van der Waals surface area contributed by atoms with Crippen LogP contribution in [0.4, 0.5) is 0 Å². The summed E-state index contributed by atoms with van der Waals surface area (Å²) in [6.07, 6.45) is 2.15. The number of rotatable bonds is 3. The number of nitrogens with zero attached hydrogens (tertiary/aromatic N) is 1. The minimum atomic E-state index is 0.480. The minimum absolute atomic E-state index is 0.480. The molecule has 0 saturated heterocycles. The van der Waals surface area contributed by atoms with Gasteiger partial charge in [-0.3, -0.25) is 0 Å². The van der Waals surface area contributed by atoms with Gasteiger partial charge < -0.3 is 4.42 Å². The molecule has 2 aromatic heterocycles. The fourth-order valence-electron chi connectivity index (χ4n) is 4.26.